The van der Waals surface area contributed by atoms with Crippen molar-refractivity contribution >= 4 is 30.9 Å². The van der Waals surface area contributed by atoms with E-state index in [0.717, 1.165) is 53.6 Å². The van der Waals surface area contributed by atoms with Crippen molar-refractivity contribution in [3.8, 4) is 0 Å². The summed E-state index contributed by atoms with van der Waals surface area (Å²) in [6.45, 7) is 25.6. The van der Waals surface area contributed by atoms with Crippen LogP contribution < -0.4 is 5.32 Å². The number of Topliss-reactive ketones (excluding diaryl/α,β-unsaturated/α-hetero) is 1. The van der Waals surface area contributed by atoms with Crippen molar-refractivity contribution in [3.05, 3.63) is 77.4 Å². The van der Waals surface area contributed by atoms with E-state index in [4.69, 9.17) is 19.5 Å². The Morgan fingerprint density at radius 1 is 0.889 bits per heavy atom. The lowest BCUT2D eigenvalue weighted by atomic mass is 9.94. The molecule has 0 aliphatic rings. The molecule has 1 rings (SSSR count). The molecule has 1 aromatic carbocycles. The summed E-state index contributed by atoms with van der Waals surface area (Å²) >= 11 is 0. The van der Waals surface area contributed by atoms with Crippen molar-refractivity contribution in [1.82, 2.24) is 5.32 Å². The van der Waals surface area contributed by atoms with Gasteiger partial charge in [-0.05, 0) is 57.4 Å². The number of alkyl halides is 3. The highest BCUT2D eigenvalue weighted by Gasteiger charge is 2.15. The Morgan fingerprint density at radius 3 is 1.56 bits per heavy atom. The topological polar surface area (TPSA) is 101 Å². The molecule has 0 aromatic heterocycles. The second kappa shape index (κ2) is 42.5. The Kier molecular flexibility index (Phi) is 51.0. The second-order valence-electron chi connectivity index (χ2n) is 8.68. The van der Waals surface area contributed by atoms with Gasteiger partial charge in [0, 0.05) is 19.0 Å². The fraction of sp³-hybridized carbons (Fsp3) is 0.500. The summed E-state index contributed by atoms with van der Waals surface area (Å²) in [7, 11) is 0. The van der Waals surface area contributed by atoms with Crippen LogP contribution in [0.3, 0.4) is 0 Å². The first-order valence-electron chi connectivity index (χ1n) is 15.1. The maximum atomic E-state index is 11.5. The first-order chi connectivity index (χ1) is 21.2. The lowest BCUT2D eigenvalue weighted by molar-refractivity contribution is -0.123. The number of nitrogens with one attached hydrogen (secondary N) is 1. The molecule has 0 saturated carbocycles. The molecule has 0 radical (unpaired) electrons. The number of allylic oxidation sites excluding steroid dienone is 6. The first-order valence-corrected chi connectivity index (χ1v) is 15.1. The lowest BCUT2D eigenvalue weighted by Gasteiger charge is -2.11. The highest BCUT2D eigenvalue weighted by atomic mass is 19.4. The van der Waals surface area contributed by atoms with Crippen LogP contribution in [0.4, 0.5) is 13.2 Å². The molecule has 0 bridgehead atoms. The number of unbranched alkanes of at least 4 members (excludes halogenated alkanes) is 3. The molecule has 0 amide bonds. The van der Waals surface area contributed by atoms with E-state index in [-0.39, 0.29) is 19.2 Å². The van der Waals surface area contributed by atoms with Gasteiger partial charge in [-0.3, -0.25) is 9.59 Å². The lowest BCUT2D eigenvalue weighted by Crippen LogP contribution is -2.13. The third kappa shape index (κ3) is 47.5. The van der Waals surface area contributed by atoms with E-state index in [9.17, 15) is 18.0 Å². The van der Waals surface area contributed by atoms with Crippen LogP contribution in [-0.2, 0) is 14.4 Å². The predicted octanol–water partition coefficient (Wildman–Crippen LogP) is 10.3. The van der Waals surface area contributed by atoms with Crippen LogP contribution in [0.15, 0.2) is 66.3 Å². The SMILES string of the molecule is C=C(C)C(/C=C/CNCCC)=C(\C=C/C)c1ccc(C(C)=O)cc1.C=O.CC.CC(F)(F)F.CC=O.CCCCCC.O=CO. The molecule has 0 aliphatic heterocycles. The molecule has 45 heavy (non-hydrogen) atoms. The van der Waals surface area contributed by atoms with Crippen molar-refractivity contribution in [2.24, 2.45) is 0 Å². The van der Waals surface area contributed by atoms with Gasteiger partial charge in [-0.15, -0.1) is 0 Å². The van der Waals surface area contributed by atoms with Crippen LogP contribution in [0.5, 0.6) is 0 Å². The Hall–Kier alpha value is -3.59. The quantitative estimate of drug-likeness (QED) is 0.102. The molecule has 260 valence electrons. The maximum Gasteiger partial charge on any atom is 0.386 e. The van der Waals surface area contributed by atoms with Gasteiger partial charge in [-0.2, -0.15) is 13.2 Å². The third-order valence-electron chi connectivity index (χ3n) is 4.62. The summed E-state index contributed by atoms with van der Waals surface area (Å²) in [5, 5.41) is 10.3. The van der Waals surface area contributed by atoms with Crippen molar-refractivity contribution in [3.63, 3.8) is 0 Å². The van der Waals surface area contributed by atoms with Crippen molar-refractivity contribution < 1.29 is 37.5 Å². The standard InChI is InChI=1S/C22H29NO.C6H14.C2H3F3.C2H4O.C2H6.CH2O2.CH2O/c1-6-9-22(20-13-11-19(12-14-20)18(5)24)21(17(3)4)10-8-16-23-15-7-2;1-3-5-6-4-2;1-2(3,4)5;1-2-3;1-2;2-1-3;1-2/h6,8-14,23H,3,7,15-16H2,1-2,4-5H3;3-6H2,1-2H3;1H3;2H,1H3;1-2H3;1H,(H,2,3);1H2/b9-6-,10-8+,22-21+;;;;;;. The Labute approximate surface area is 271 Å². The molecule has 0 atom stereocenters. The summed E-state index contributed by atoms with van der Waals surface area (Å²) in [5.41, 5.74) is 5.07. The smallest absolute Gasteiger partial charge is 0.386 e. The van der Waals surface area contributed by atoms with Gasteiger partial charge in [-0.1, -0.05) is 121 Å². The predicted molar refractivity (Wildman–Crippen MR) is 186 cm³/mol. The summed E-state index contributed by atoms with van der Waals surface area (Å²) < 4.78 is 31.1. The molecule has 9 heteroatoms. The molecule has 0 aliphatic carbocycles. The number of aldehydes is 1. The molecule has 0 fully saturated rings. The highest BCUT2D eigenvalue weighted by Crippen LogP contribution is 2.26. The average molecular weight is 644 g/mol. The average Bonchev–Trinajstić information content (AvgIpc) is 2.99. The molecule has 2 N–H and O–H groups in total. The molecule has 0 heterocycles. The monoisotopic (exact) mass is 643 g/mol. The van der Waals surface area contributed by atoms with Crippen molar-refractivity contribution in [2.75, 3.05) is 13.1 Å². The normalized spacial score (nSPS) is 10.1. The molecule has 0 saturated heterocycles. The number of carbonyl (C=O) groups is 4. The van der Waals surface area contributed by atoms with E-state index in [1.165, 1.54) is 32.6 Å². The minimum atomic E-state index is -4.00. The van der Waals surface area contributed by atoms with Crippen molar-refractivity contribution in [1.29, 1.82) is 0 Å². The van der Waals surface area contributed by atoms with Crippen LogP contribution in [0, 0.1) is 0 Å². The fourth-order valence-electron chi connectivity index (χ4n) is 2.89. The zero-order chi connectivity index (χ0) is 36.7. The molecule has 6 nitrogen and oxygen atoms in total. The number of halogens is 3. The number of ketones is 1. The zero-order valence-corrected chi connectivity index (χ0v) is 29.4. The van der Waals surface area contributed by atoms with Gasteiger partial charge < -0.3 is 20.0 Å². The first kappa shape index (κ1) is 53.9. The van der Waals surface area contributed by atoms with E-state index in [1.807, 2.05) is 64.8 Å². The van der Waals surface area contributed by atoms with E-state index in [2.05, 4.69) is 50.9 Å². The number of hydrogen-bond donors (Lipinski definition) is 2. The fourth-order valence-corrected chi connectivity index (χ4v) is 2.89. The van der Waals surface area contributed by atoms with Crippen LogP contribution in [0.2, 0.25) is 0 Å². The van der Waals surface area contributed by atoms with E-state index in [1.54, 1.807) is 6.92 Å². The largest absolute Gasteiger partial charge is 0.483 e. The Balaban J connectivity index is -0.000000147. The second-order valence-corrected chi connectivity index (χ2v) is 8.68. The van der Waals surface area contributed by atoms with Gasteiger partial charge in [0.25, 0.3) is 6.47 Å². The van der Waals surface area contributed by atoms with Gasteiger partial charge in [0.05, 0.1) is 0 Å². The number of hydrogen-bond acceptors (Lipinski definition) is 5. The summed E-state index contributed by atoms with van der Waals surface area (Å²) in [6, 6.07) is 7.75. The summed E-state index contributed by atoms with van der Waals surface area (Å²) in [6.07, 6.45) is 11.8. The van der Waals surface area contributed by atoms with Gasteiger partial charge in [0.2, 0.25) is 0 Å². The maximum absolute atomic E-state index is 11.5. The van der Waals surface area contributed by atoms with Crippen LogP contribution in [0.1, 0.15) is 117 Å². The van der Waals surface area contributed by atoms with Crippen LogP contribution in [0.25, 0.3) is 5.57 Å². The van der Waals surface area contributed by atoms with E-state index >= 15 is 0 Å². The number of carboxylic acid groups (broad SMARTS) is 1. The van der Waals surface area contributed by atoms with Crippen LogP contribution in [-0.4, -0.2) is 49.7 Å². The van der Waals surface area contributed by atoms with Gasteiger partial charge >= 0.3 is 6.18 Å². The van der Waals surface area contributed by atoms with Gasteiger partial charge in [0.15, 0.2) is 5.78 Å². The third-order valence-corrected chi connectivity index (χ3v) is 4.62. The zero-order valence-electron chi connectivity index (χ0n) is 29.4. The minimum absolute atomic E-state index is 0.0835. The van der Waals surface area contributed by atoms with E-state index < -0.39 is 6.18 Å². The molecule has 0 spiro atoms. The Bertz CT molecular complexity index is 904. The van der Waals surface area contributed by atoms with E-state index in [0.29, 0.717) is 0 Å². The molecule has 0 unspecified atom stereocenters. The van der Waals surface area contributed by atoms with Crippen molar-refractivity contribution in [2.45, 2.75) is 108 Å². The molecule has 1 aromatic rings. The minimum Gasteiger partial charge on any atom is -0.483 e. The van der Waals surface area contributed by atoms with Gasteiger partial charge in [0.1, 0.15) is 13.1 Å². The molecular formula is C36H60F3NO5. The number of benzene rings is 1. The number of carbonyl (C=O) groups excluding carboxylic acids is 3. The van der Waals surface area contributed by atoms with Crippen LogP contribution >= 0.6 is 0 Å². The number of rotatable bonds is 12. The Morgan fingerprint density at radius 2 is 1.27 bits per heavy atom. The van der Waals surface area contributed by atoms with Gasteiger partial charge in [-0.25, -0.2) is 0 Å². The summed E-state index contributed by atoms with van der Waals surface area (Å²) in [4.78, 5) is 36.6. The summed E-state index contributed by atoms with van der Waals surface area (Å²) in [5.74, 6) is 0.0835. The molecular weight excluding hydrogens is 583 g/mol. The highest BCUT2D eigenvalue weighted by molar-refractivity contribution is 5.94.